The van der Waals surface area contributed by atoms with Gasteiger partial charge in [0.25, 0.3) is 0 Å². The summed E-state index contributed by atoms with van der Waals surface area (Å²) in [7, 11) is 0. The molecule has 0 saturated carbocycles. The fourth-order valence-corrected chi connectivity index (χ4v) is 3.21. The summed E-state index contributed by atoms with van der Waals surface area (Å²) in [5.41, 5.74) is 0.713. The molecule has 0 fully saturated rings. The number of hydrogen-bond donors (Lipinski definition) is 2. The average molecular weight is 544 g/mol. The van der Waals surface area contributed by atoms with Crippen LogP contribution >= 0.6 is 58.0 Å². The highest BCUT2D eigenvalue weighted by molar-refractivity contribution is 14.1. The van der Waals surface area contributed by atoms with Gasteiger partial charge in [0, 0.05) is 26.4 Å². The SMILES string of the molecule is O=C(/C=C/c1ccc(-c2ccc(Cl)cc2Cl)o1)NC(=S)Nc1ccc(I)cn1. The molecule has 0 aliphatic carbocycles. The molecule has 28 heavy (non-hydrogen) atoms. The van der Waals surface area contributed by atoms with Gasteiger partial charge in [-0.15, -0.1) is 0 Å². The van der Waals surface area contributed by atoms with Crippen molar-refractivity contribution < 1.29 is 9.21 Å². The normalized spacial score (nSPS) is 10.8. The van der Waals surface area contributed by atoms with Gasteiger partial charge in [-0.05, 0) is 83.3 Å². The third kappa shape index (κ3) is 5.78. The summed E-state index contributed by atoms with van der Waals surface area (Å²) in [6.45, 7) is 0. The molecule has 142 valence electrons. The number of hydrogen-bond acceptors (Lipinski definition) is 4. The number of thiocarbonyl (C=S) groups is 1. The number of amides is 1. The molecule has 3 rings (SSSR count). The van der Waals surface area contributed by atoms with Crippen molar-refractivity contribution in [3.8, 4) is 11.3 Å². The van der Waals surface area contributed by atoms with E-state index in [-0.39, 0.29) is 5.11 Å². The maximum atomic E-state index is 12.0. The van der Waals surface area contributed by atoms with Crippen molar-refractivity contribution in [3.05, 3.63) is 74.1 Å². The van der Waals surface area contributed by atoms with E-state index >= 15 is 0 Å². The first-order valence-corrected chi connectivity index (χ1v) is 10.1. The number of anilines is 1. The van der Waals surface area contributed by atoms with Gasteiger partial charge in [0.15, 0.2) is 5.11 Å². The molecule has 0 aliphatic heterocycles. The summed E-state index contributed by atoms with van der Waals surface area (Å²) in [4.78, 5) is 16.2. The van der Waals surface area contributed by atoms with Crippen LogP contribution in [0.2, 0.25) is 10.0 Å². The first kappa shape index (κ1) is 20.8. The van der Waals surface area contributed by atoms with Gasteiger partial charge in [-0.25, -0.2) is 4.98 Å². The van der Waals surface area contributed by atoms with Crippen LogP contribution in [0.4, 0.5) is 5.82 Å². The lowest BCUT2D eigenvalue weighted by molar-refractivity contribution is -0.115. The van der Waals surface area contributed by atoms with Crippen molar-refractivity contribution in [3.63, 3.8) is 0 Å². The van der Waals surface area contributed by atoms with E-state index in [0.717, 1.165) is 3.57 Å². The van der Waals surface area contributed by atoms with E-state index in [4.69, 9.17) is 39.8 Å². The van der Waals surface area contributed by atoms with Crippen molar-refractivity contribution in [2.75, 3.05) is 5.32 Å². The molecule has 1 amide bonds. The molecule has 0 atom stereocenters. The first-order valence-electron chi connectivity index (χ1n) is 7.87. The Morgan fingerprint density at radius 2 is 2.00 bits per heavy atom. The monoisotopic (exact) mass is 543 g/mol. The zero-order chi connectivity index (χ0) is 20.1. The first-order chi connectivity index (χ1) is 13.4. The van der Waals surface area contributed by atoms with Crippen molar-refractivity contribution in [2.45, 2.75) is 0 Å². The van der Waals surface area contributed by atoms with Crippen molar-refractivity contribution >= 4 is 80.9 Å². The molecule has 0 unspecified atom stereocenters. The summed E-state index contributed by atoms with van der Waals surface area (Å²) < 4.78 is 6.70. The predicted molar refractivity (Wildman–Crippen MR) is 125 cm³/mol. The zero-order valence-corrected chi connectivity index (χ0v) is 18.6. The van der Waals surface area contributed by atoms with Crippen molar-refractivity contribution in [2.24, 2.45) is 0 Å². The van der Waals surface area contributed by atoms with E-state index < -0.39 is 5.91 Å². The van der Waals surface area contributed by atoms with Crippen molar-refractivity contribution in [1.29, 1.82) is 0 Å². The highest BCUT2D eigenvalue weighted by atomic mass is 127. The number of furan rings is 1. The van der Waals surface area contributed by atoms with Gasteiger partial charge >= 0.3 is 0 Å². The molecule has 1 aromatic carbocycles. The van der Waals surface area contributed by atoms with E-state index in [1.165, 1.54) is 12.2 Å². The molecular formula is C19H12Cl2IN3O2S. The van der Waals surface area contributed by atoms with E-state index in [1.54, 1.807) is 42.6 Å². The van der Waals surface area contributed by atoms with Gasteiger partial charge < -0.3 is 9.73 Å². The highest BCUT2D eigenvalue weighted by Gasteiger charge is 2.09. The van der Waals surface area contributed by atoms with Crippen LogP contribution < -0.4 is 10.6 Å². The molecular weight excluding hydrogens is 532 g/mol. The minimum absolute atomic E-state index is 0.149. The second-order valence-corrected chi connectivity index (χ2v) is 7.96. The third-order valence-corrected chi connectivity index (χ3v) is 4.82. The minimum atomic E-state index is -0.398. The highest BCUT2D eigenvalue weighted by Crippen LogP contribution is 2.31. The average Bonchev–Trinajstić information content (AvgIpc) is 3.10. The molecule has 0 saturated heterocycles. The molecule has 2 heterocycles. The number of nitrogens with zero attached hydrogens (tertiary/aromatic N) is 1. The van der Waals surface area contributed by atoms with Crippen LogP contribution in [0.1, 0.15) is 5.76 Å². The number of carbonyl (C=O) groups is 1. The summed E-state index contributed by atoms with van der Waals surface area (Å²) in [5.74, 6) is 1.22. The molecule has 0 bridgehead atoms. The third-order valence-electron chi connectivity index (χ3n) is 3.43. The molecule has 0 aliphatic rings. The Bertz CT molecular complexity index is 1050. The predicted octanol–water partition coefficient (Wildman–Crippen LogP) is 5.78. The molecule has 0 spiro atoms. The Hall–Kier alpha value is -1.94. The summed E-state index contributed by atoms with van der Waals surface area (Å²) in [6.07, 6.45) is 4.55. The second kappa shape index (κ2) is 9.51. The Kier molecular flexibility index (Phi) is 7.06. The minimum Gasteiger partial charge on any atom is -0.457 e. The van der Waals surface area contributed by atoms with Gasteiger partial charge in [-0.3, -0.25) is 10.1 Å². The van der Waals surface area contributed by atoms with E-state index in [1.807, 2.05) is 6.07 Å². The van der Waals surface area contributed by atoms with Crippen LogP contribution in [0.25, 0.3) is 17.4 Å². The standard InChI is InChI=1S/C19H12Cl2IN3O2S/c20-11-1-5-14(15(21)9-11)16-6-3-13(27-16)4-8-18(26)25-19(28)24-17-7-2-12(22)10-23-17/h1-10H,(H2,23,24,25,26,28)/b8-4+. The number of halogens is 3. The Morgan fingerprint density at radius 3 is 2.71 bits per heavy atom. The van der Waals surface area contributed by atoms with E-state index in [2.05, 4.69) is 38.2 Å². The van der Waals surface area contributed by atoms with Crippen LogP contribution in [0.5, 0.6) is 0 Å². The molecule has 5 nitrogen and oxygen atoms in total. The number of pyridine rings is 1. The maximum absolute atomic E-state index is 12.0. The maximum Gasteiger partial charge on any atom is 0.250 e. The van der Waals surface area contributed by atoms with Gasteiger partial charge in [-0.1, -0.05) is 23.2 Å². The van der Waals surface area contributed by atoms with Crippen molar-refractivity contribution in [1.82, 2.24) is 10.3 Å². The number of aromatic nitrogens is 1. The smallest absolute Gasteiger partial charge is 0.250 e. The number of rotatable bonds is 4. The topological polar surface area (TPSA) is 67.2 Å². The lowest BCUT2D eigenvalue weighted by atomic mass is 10.2. The lowest BCUT2D eigenvalue weighted by Crippen LogP contribution is -2.33. The van der Waals surface area contributed by atoms with Gasteiger partial charge in [0.1, 0.15) is 17.3 Å². The van der Waals surface area contributed by atoms with Gasteiger partial charge in [0.05, 0.1) is 5.02 Å². The fraction of sp³-hybridized carbons (Fsp3) is 0. The van der Waals surface area contributed by atoms with Crippen LogP contribution in [0.15, 0.2) is 59.2 Å². The molecule has 9 heteroatoms. The Balaban J connectivity index is 1.59. The quantitative estimate of drug-likeness (QED) is 0.248. The summed E-state index contributed by atoms with van der Waals surface area (Å²) in [6, 6.07) is 12.3. The van der Waals surface area contributed by atoms with Gasteiger partial charge in [0.2, 0.25) is 5.91 Å². The Labute approximate surface area is 190 Å². The molecule has 2 aromatic heterocycles. The lowest BCUT2D eigenvalue weighted by Gasteiger charge is -2.06. The molecule has 0 radical (unpaired) electrons. The molecule has 3 aromatic rings. The summed E-state index contributed by atoms with van der Waals surface area (Å²) >= 11 is 19.3. The largest absolute Gasteiger partial charge is 0.457 e. The number of carbonyl (C=O) groups excluding carboxylic acids is 1. The number of nitrogens with one attached hydrogen (secondary N) is 2. The zero-order valence-electron chi connectivity index (χ0n) is 14.1. The second-order valence-electron chi connectivity index (χ2n) is 5.46. The van der Waals surface area contributed by atoms with Crippen LogP contribution in [0, 0.1) is 3.57 Å². The fourth-order valence-electron chi connectivity index (χ4n) is 2.19. The van der Waals surface area contributed by atoms with Gasteiger partial charge in [-0.2, -0.15) is 0 Å². The van der Waals surface area contributed by atoms with Crippen LogP contribution in [-0.2, 0) is 4.79 Å². The number of benzene rings is 1. The summed E-state index contributed by atoms with van der Waals surface area (Å²) in [5, 5.41) is 6.55. The van der Waals surface area contributed by atoms with E-state index in [0.29, 0.717) is 32.9 Å². The molecule has 2 N–H and O–H groups in total. The van der Waals surface area contributed by atoms with Crippen LogP contribution in [0.3, 0.4) is 0 Å². The van der Waals surface area contributed by atoms with E-state index in [9.17, 15) is 4.79 Å². The van der Waals surface area contributed by atoms with Crippen LogP contribution in [-0.4, -0.2) is 16.0 Å². The Morgan fingerprint density at radius 1 is 1.18 bits per heavy atom.